The van der Waals surface area contributed by atoms with Gasteiger partial charge in [-0.25, -0.2) is 4.98 Å². The second kappa shape index (κ2) is 4.78. The number of thiazole rings is 1. The molecule has 5 heteroatoms. The fraction of sp³-hybridized carbons (Fsp3) is 0.364. The molecule has 1 heterocycles. The third kappa shape index (κ3) is 2.16. The standard InChI is InChI=1S/C11H14N2O2S/c1-15-7-2-3-9-10(6-7)16-11(13-9)8(12)4-5-14/h2-3,6,8,14H,4-5,12H2,1H3. The van der Waals surface area contributed by atoms with Crippen LogP contribution in [0.1, 0.15) is 17.5 Å². The summed E-state index contributed by atoms with van der Waals surface area (Å²) in [7, 11) is 1.64. The first-order chi connectivity index (χ1) is 7.74. The molecule has 0 aliphatic rings. The van der Waals surface area contributed by atoms with Gasteiger partial charge >= 0.3 is 0 Å². The predicted octanol–water partition coefficient (Wildman–Crippen LogP) is 1.69. The number of aromatic nitrogens is 1. The van der Waals surface area contributed by atoms with Gasteiger partial charge in [-0.3, -0.25) is 0 Å². The molecule has 1 atom stereocenters. The minimum absolute atomic E-state index is 0.0837. The van der Waals surface area contributed by atoms with Crippen molar-refractivity contribution in [1.29, 1.82) is 0 Å². The predicted molar refractivity (Wildman–Crippen MR) is 64.8 cm³/mol. The number of methoxy groups -OCH3 is 1. The molecule has 0 bridgehead atoms. The lowest BCUT2D eigenvalue weighted by atomic mass is 10.2. The molecule has 0 aliphatic heterocycles. The van der Waals surface area contributed by atoms with E-state index in [1.807, 2.05) is 18.2 Å². The minimum atomic E-state index is -0.187. The summed E-state index contributed by atoms with van der Waals surface area (Å²) in [4.78, 5) is 4.43. The van der Waals surface area contributed by atoms with Crippen LogP contribution in [0.5, 0.6) is 5.75 Å². The number of aliphatic hydroxyl groups is 1. The van der Waals surface area contributed by atoms with Crippen molar-refractivity contribution in [1.82, 2.24) is 4.98 Å². The summed E-state index contributed by atoms with van der Waals surface area (Å²) in [5.74, 6) is 0.818. The van der Waals surface area contributed by atoms with Gasteiger partial charge in [-0.1, -0.05) is 0 Å². The van der Waals surface area contributed by atoms with Gasteiger partial charge in [0.1, 0.15) is 10.8 Å². The van der Waals surface area contributed by atoms with Crippen molar-refractivity contribution < 1.29 is 9.84 Å². The molecule has 16 heavy (non-hydrogen) atoms. The molecule has 2 aromatic rings. The summed E-state index contributed by atoms with van der Waals surface area (Å²) in [5, 5.41) is 9.69. The van der Waals surface area contributed by atoms with Crippen LogP contribution >= 0.6 is 11.3 Å². The number of hydrogen-bond acceptors (Lipinski definition) is 5. The summed E-state index contributed by atoms with van der Waals surface area (Å²) in [6.45, 7) is 0.0837. The Morgan fingerprint density at radius 3 is 3.06 bits per heavy atom. The molecule has 3 N–H and O–H groups in total. The molecule has 0 aliphatic carbocycles. The fourth-order valence-corrected chi connectivity index (χ4v) is 2.50. The molecule has 1 unspecified atom stereocenters. The summed E-state index contributed by atoms with van der Waals surface area (Å²) in [5.41, 5.74) is 6.82. The molecule has 0 spiro atoms. The number of aliphatic hydroxyl groups excluding tert-OH is 1. The van der Waals surface area contributed by atoms with Crippen LogP contribution in [0.2, 0.25) is 0 Å². The molecule has 0 saturated carbocycles. The number of benzene rings is 1. The maximum atomic E-state index is 8.83. The van der Waals surface area contributed by atoms with Gasteiger partial charge in [0.05, 0.1) is 23.4 Å². The first-order valence-corrected chi connectivity index (χ1v) is 5.87. The monoisotopic (exact) mass is 238 g/mol. The zero-order valence-electron chi connectivity index (χ0n) is 9.01. The molecule has 0 amide bonds. The van der Waals surface area contributed by atoms with Crippen LogP contribution in [0.25, 0.3) is 10.2 Å². The summed E-state index contributed by atoms with van der Waals surface area (Å²) in [6, 6.07) is 5.55. The number of nitrogens with zero attached hydrogens (tertiary/aromatic N) is 1. The number of ether oxygens (including phenoxy) is 1. The van der Waals surface area contributed by atoms with Crippen molar-refractivity contribution in [2.75, 3.05) is 13.7 Å². The molecule has 0 radical (unpaired) electrons. The Morgan fingerprint density at radius 2 is 2.38 bits per heavy atom. The number of rotatable bonds is 4. The Hall–Kier alpha value is -1.17. The summed E-state index contributed by atoms with van der Waals surface area (Å²) >= 11 is 1.55. The van der Waals surface area contributed by atoms with Gasteiger partial charge < -0.3 is 15.6 Å². The third-order valence-corrected chi connectivity index (χ3v) is 3.52. The minimum Gasteiger partial charge on any atom is -0.497 e. The molecular formula is C11H14N2O2S. The van der Waals surface area contributed by atoms with E-state index in [1.165, 1.54) is 0 Å². The second-order valence-corrected chi connectivity index (χ2v) is 4.57. The molecule has 0 fully saturated rings. The smallest absolute Gasteiger partial charge is 0.120 e. The van der Waals surface area contributed by atoms with Crippen LogP contribution in [-0.4, -0.2) is 23.8 Å². The average molecular weight is 238 g/mol. The number of nitrogens with two attached hydrogens (primary N) is 1. The summed E-state index contributed by atoms with van der Waals surface area (Å²) < 4.78 is 6.21. The van der Waals surface area contributed by atoms with E-state index in [0.717, 1.165) is 21.0 Å². The third-order valence-electron chi connectivity index (χ3n) is 2.37. The molecule has 4 nitrogen and oxygen atoms in total. The van der Waals surface area contributed by atoms with Gasteiger partial charge in [0, 0.05) is 6.61 Å². The molecule has 1 aromatic heterocycles. The molecule has 2 rings (SSSR count). The first kappa shape index (κ1) is 11.3. The van der Waals surface area contributed by atoms with E-state index >= 15 is 0 Å². The van der Waals surface area contributed by atoms with Gasteiger partial charge in [-0.15, -0.1) is 11.3 Å². The largest absolute Gasteiger partial charge is 0.497 e. The SMILES string of the molecule is COc1ccc2nc(C(N)CCO)sc2c1. The normalized spacial score (nSPS) is 12.9. The highest BCUT2D eigenvalue weighted by molar-refractivity contribution is 7.18. The van der Waals surface area contributed by atoms with E-state index in [0.29, 0.717) is 6.42 Å². The van der Waals surface area contributed by atoms with E-state index in [1.54, 1.807) is 18.4 Å². The van der Waals surface area contributed by atoms with Crippen LogP contribution in [0.3, 0.4) is 0 Å². The van der Waals surface area contributed by atoms with Crippen LogP contribution < -0.4 is 10.5 Å². The van der Waals surface area contributed by atoms with Crippen molar-refractivity contribution in [2.45, 2.75) is 12.5 Å². The summed E-state index contributed by atoms with van der Waals surface area (Å²) in [6.07, 6.45) is 0.539. The van der Waals surface area contributed by atoms with Crippen LogP contribution in [-0.2, 0) is 0 Å². The van der Waals surface area contributed by atoms with E-state index in [-0.39, 0.29) is 12.6 Å². The topological polar surface area (TPSA) is 68.4 Å². The number of hydrogen-bond donors (Lipinski definition) is 2. The quantitative estimate of drug-likeness (QED) is 0.850. The van der Waals surface area contributed by atoms with Crippen molar-refractivity contribution >= 4 is 21.6 Å². The lowest BCUT2D eigenvalue weighted by Crippen LogP contribution is -2.11. The first-order valence-electron chi connectivity index (χ1n) is 5.05. The van der Waals surface area contributed by atoms with E-state index in [4.69, 9.17) is 15.6 Å². The van der Waals surface area contributed by atoms with Gasteiger partial charge in [-0.05, 0) is 24.6 Å². The Morgan fingerprint density at radius 1 is 1.56 bits per heavy atom. The highest BCUT2D eigenvalue weighted by Gasteiger charge is 2.11. The lowest BCUT2D eigenvalue weighted by Gasteiger charge is -2.03. The molecular weight excluding hydrogens is 224 g/mol. The van der Waals surface area contributed by atoms with Crippen LogP contribution in [0.15, 0.2) is 18.2 Å². The molecule has 1 aromatic carbocycles. The van der Waals surface area contributed by atoms with Crippen molar-refractivity contribution in [3.8, 4) is 5.75 Å². The zero-order chi connectivity index (χ0) is 11.5. The van der Waals surface area contributed by atoms with Crippen molar-refractivity contribution in [3.63, 3.8) is 0 Å². The van der Waals surface area contributed by atoms with Gasteiger partial charge in [-0.2, -0.15) is 0 Å². The zero-order valence-corrected chi connectivity index (χ0v) is 9.83. The average Bonchev–Trinajstić information content (AvgIpc) is 2.71. The lowest BCUT2D eigenvalue weighted by molar-refractivity contribution is 0.276. The highest BCUT2D eigenvalue weighted by Crippen LogP contribution is 2.29. The Balaban J connectivity index is 2.35. The van der Waals surface area contributed by atoms with Crippen molar-refractivity contribution in [3.05, 3.63) is 23.2 Å². The van der Waals surface area contributed by atoms with E-state index < -0.39 is 0 Å². The maximum absolute atomic E-state index is 8.83. The van der Waals surface area contributed by atoms with Crippen molar-refractivity contribution in [2.24, 2.45) is 5.73 Å². The maximum Gasteiger partial charge on any atom is 0.120 e. The second-order valence-electron chi connectivity index (χ2n) is 3.50. The Labute approximate surface area is 97.7 Å². The van der Waals surface area contributed by atoms with Crippen LogP contribution in [0, 0.1) is 0 Å². The van der Waals surface area contributed by atoms with Crippen LogP contribution in [0.4, 0.5) is 0 Å². The van der Waals surface area contributed by atoms with E-state index in [2.05, 4.69) is 4.98 Å². The number of fused-ring (bicyclic) bond motifs is 1. The van der Waals surface area contributed by atoms with Gasteiger partial charge in [0.25, 0.3) is 0 Å². The fourth-order valence-electron chi connectivity index (χ4n) is 1.47. The molecule has 0 saturated heterocycles. The molecule has 86 valence electrons. The highest BCUT2D eigenvalue weighted by atomic mass is 32.1. The Kier molecular flexibility index (Phi) is 3.38. The van der Waals surface area contributed by atoms with E-state index in [9.17, 15) is 0 Å². The van der Waals surface area contributed by atoms with Gasteiger partial charge in [0.15, 0.2) is 0 Å². The van der Waals surface area contributed by atoms with Gasteiger partial charge in [0.2, 0.25) is 0 Å². The Bertz CT molecular complexity index is 484.